The summed E-state index contributed by atoms with van der Waals surface area (Å²) in [4.78, 5) is 21.9. The first-order valence-electron chi connectivity index (χ1n) is 12.3. The summed E-state index contributed by atoms with van der Waals surface area (Å²) in [5.74, 6) is 2.44. The highest BCUT2D eigenvalue weighted by Crippen LogP contribution is 2.27. The fraction of sp³-hybridized carbons (Fsp3) is 0.750. The molecule has 2 N–H and O–H groups in total. The summed E-state index contributed by atoms with van der Waals surface area (Å²) in [6.45, 7) is 4.61. The Bertz CT molecular complexity index is 708. The highest BCUT2D eigenvalue weighted by molar-refractivity contribution is 5.81. The van der Waals surface area contributed by atoms with Gasteiger partial charge in [-0.05, 0) is 57.3 Å². The van der Waals surface area contributed by atoms with Gasteiger partial charge in [-0.3, -0.25) is 14.7 Å². The summed E-state index contributed by atoms with van der Waals surface area (Å²) < 4.78 is 5.76. The van der Waals surface area contributed by atoms with Crippen LogP contribution >= 0.6 is 0 Å². The van der Waals surface area contributed by atoms with Crippen molar-refractivity contribution in [2.45, 2.75) is 69.9 Å². The van der Waals surface area contributed by atoms with Crippen molar-refractivity contribution in [1.29, 1.82) is 0 Å². The van der Waals surface area contributed by atoms with Gasteiger partial charge in [-0.15, -0.1) is 0 Å². The fourth-order valence-electron chi connectivity index (χ4n) is 5.39. The number of hydrogen-bond acceptors (Lipinski definition) is 4. The Morgan fingerprint density at radius 3 is 2.61 bits per heavy atom. The molecule has 3 fully saturated rings. The Hall–Kier alpha value is -2.02. The van der Waals surface area contributed by atoms with Crippen LogP contribution in [0.3, 0.4) is 0 Å². The molecule has 1 saturated carbocycles. The van der Waals surface area contributed by atoms with Gasteiger partial charge in [0, 0.05) is 38.6 Å². The van der Waals surface area contributed by atoms with Crippen LogP contribution in [0.5, 0.6) is 0 Å². The van der Waals surface area contributed by atoms with E-state index in [1.165, 1.54) is 38.5 Å². The fourth-order valence-corrected chi connectivity index (χ4v) is 5.39. The van der Waals surface area contributed by atoms with E-state index in [-0.39, 0.29) is 18.0 Å². The predicted octanol–water partition coefficient (Wildman–Crippen LogP) is 3.15. The van der Waals surface area contributed by atoms with E-state index in [9.17, 15) is 4.79 Å². The van der Waals surface area contributed by atoms with Gasteiger partial charge in [0.25, 0.3) is 0 Å². The molecule has 1 amide bonds. The maximum absolute atomic E-state index is 12.9. The van der Waals surface area contributed by atoms with E-state index in [4.69, 9.17) is 4.42 Å². The molecule has 7 nitrogen and oxygen atoms in total. The van der Waals surface area contributed by atoms with Crippen LogP contribution in [0.4, 0.5) is 0 Å². The number of piperidine rings is 1. The van der Waals surface area contributed by atoms with Crippen LogP contribution in [0, 0.1) is 5.92 Å². The lowest BCUT2D eigenvalue weighted by molar-refractivity contribution is -0.135. The van der Waals surface area contributed by atoms with Crippen molar-refractivity contribution in [3.63, 3.8) is 0 Å². The van der Waals surface area contributed by atoms with Crippen LogP contribution in [0.1, 0.15) is 69.6 Å². The van der Waals surface area contributed by atoms with E-state index in [1.54, 1.807) is 6.26 Å². The van der Waals surface area contributed by atoms with Gasteiger partial charge in [-0.2, -0.15) is 0 Å². The Labute approximate surface area is 186 Å². The van der Waals surface area contributed by atoms with Gasteiger partial charge in [-0.25, -0.2) is 0 Å². The normalized spacial score (nSPS) is 24.9. The van der Waals surface area contributed by atoms with Crippen molar-refractivity contribution in [2.24, 2.45) is 10.9 Å². The highest BCUT2D eigenvalue weighted by Gasteiger charge is 2.32. The van der Waals surface area contributed by atoms with Crippen molar-refractivity contribution >= 4 is 11.9 Å². The molecule has 3 aliphatic rings. The second kappa shape index (κ2) is 11.0. The molecule has 2 saturated heterocycles. The number of likely N-dealkylation sites (tertiary alicyclic amines) is 2. The zero-order valence-electron chi connectivity index (χ0n) is 19.0. The molecule has 1 aromatic rings. The predicted molar refractivity (Wildman–Crippen MR) is 123 cm³/mol. The molecular formula is C24H39N5O2. The van der Waals surface area contributed by atoms with Gasteiger partial charge >= 0.3 is 0 Å². The molecule has 7 heteroatoms. The van der Waals surface area contributed by atoms with Crippen molar-refractivity contribution in [1.82, 2.24) is 20.4 Å². The summed E-state index contributed by atoms with van der Waals surface area (Å²) >= 11 is 0. The molecule has 1 aliphatic carbocycles. The van der Waals surface area contributed by atoms with Gasteiger partial charge in [0.2, 0.25) is 5.91 Å². The van der Waals surface area contributed by atoms with E-state index >= 15 is 0 Å². The third-order valence-corrected chi connectivity index (χ3v) is 7.18. The second-order valence-corrected chi connectivity index (χ2v) is 9.33. The molecule has 2 unspecified atom stereocenters. The highest BCUT2D eigenvalue weighted by atomic mass is 16.3. The SMILES string of the molecule is CN=C(NCC(c1ccco1)N1CCCCC1)NC1CCN(C(=O)C2CCCCC2)C1. The third-order valence-electron chi connectivity index (χ3n) is 7.18. The first-order chi connectivity index (χ1) is 15.2. The summed E-state index contributed by atoms with van der Waals surface area (Å²) in [6.07, 6.45) is 12.4. The summed E-state index contributed by atoms with van der Waals surface area (Å²) in [7, 11) is 1.82. The Balaban J connectivity index is 1.28. The number of furan rings is 1. The molecule has 2 aliphatic heterocycles. The third kappa shape index (κ3) is 5.82. The van der Waals surface area contributed by atoms with Crippen LogP contribution in [-0.4, -0.2) is 67.5 Å². The smallest absolute Gasteiger partial charge is 0.225 e. The van der Waals surface area contributed by atoms with Gasteiger partial charge in [-0.1, -0.05) is 25.7 Å². The van der Waals surface area contributed by atoms with Gasteiger partial charge in [0.1, 0.15) is 5.76 Å². The lowest BCUT2D eigenvalue weighted by atomic mass is 9.88. The zero-order valence-corrected chi connectivity index (χ0v) is 19.0. The number of nitrogens with zero attached hydrogens (tertiary/aromatic N) is 3. The number of carbonyl (C=O) groups excluding carboxylic acids is 1. The largest absolute Gasteiger partial charge is 0.468 e. The first kappa shape index (κ1) is 22.2. The number of aliphatic imine (C=N–C) groups is 1. The molecule has 1 aromatic heterocycles. The summed E-state index contributed by atoms with van der Waals surface area (Å²) in [6, 6.07) is 4.51. The molecule has 3 heterocycles. The minimum atomic E-state index is 0.210. The van der Waals surface area contributed by atoms with Crippen LogP contribution in [0.2, 0.25) is 0 Å². The molecule has 4 rings (SSSR count). The second-order valence-electron chi connectivity index (χ2n) is 9.33. The van der Waals surface area contributed by atoms with Gasteiger partial charge < -0.3 is 20.0 Å². The standard InChI is InChI=1S/C24H39N5O2/c1-25-24(26-17-21(22-11-8-16-31-22)28-13-6-3-7-14-28)27-20-12-15-29(18-20)23(30)19-9-4-2-5-10-19/h8,11,16,19-21H,2-7,9-10,12-15,17-18H2,1H3,(H2,25,26,27). The van der Waals surface area contributed by atoms with E-state index in [2.05, 4.69) is 31.5 Å². The van der Waals surface area contributed by atoms with Crippen LogP contribution < -0.4 is 10.6 Å². The number of carbonyl (C=O) groups is 1. The molecule has 2 atom stereocenters. The molecular weight excluding hydrogens is 390 g/mol. The summed E-state index contributed by atoms with van der Waals surface area (Å²) in [5.41, 5.74) is 0. The first-order valence-corrected chi connectivity index (χ1v) is 12.3. The number of guanidine groups is 1. The number of rotatable bonds is 6. The Morgan fingerprint density at radius 2 is 1.90 bits per heavy atom. The van der Waals surface area contributed by atoms with E-state index in [0.29, 0.717) is 5.91 Å². The van der Waals surface area contributed by atoms with Crippen LogP contribution in [0.15, 0.2) is 27.8 Å². The average molecular weight is 430 g/mol. The Kier molecular flexibility index (Phi) is 7.89. The number of hydrogen-bond donors (Lipinski definition) is 2. The molecule has 172 valence electrons. The average Bonchev–Trinajstić information content (AvgIpc) is 3.52. The number of nitrogens with one attached hydrogen (secondary N) is 2. The van der Waals surface area contributed by atoms with Crippen molar-refractivity contribution < 1.29 is 9.21 Å². The molecule has 31 heavy (non-hydrogen) atoms. The maximum Gasteiger partial charge on any atom is 0.225 e. The van der Waals surface area contributed by atoms with Gasteiger partial charge in [0.15, 0.2) is 5.96 Å². The van der Waals surface area contributed by atoms with Crippen molar-refractivity contribution in [2.75, 3.05) is 39.8 Å². The molecule has 0 spiro atoms. The maximum atomic E-state index is 12.9. The van der Waals surface area contributed by atoms with E-state index in [0.717, 1.165) is 63.7 Å². The van der Waals surface area contributed by atoms with E-state index in [1.807, 2.05) is 13.1 Å². The number of amides is 1. The van der Waals surface area contributed by atoms with Crippen molar-refractivity contribution in [3.8, 4) is 0 Å². The monoisotopic (exact) mass is 429 g/mol. The topological polar surface area (TPSA) is 73.1 Å². The quantitative estimate of drug-likeness (QED) is 0.537. The lowest BCUT2D eigenvalue weighted by Crippen LogP contribution is -2.48. The van der Waals surface area contributed by atoms with E-state index < -0.39 is 0 Å². The molecule has 0 aromatic carbocycles. The zero-order chi connectivity index (χ0) is 21.5. The van der Waals surface area contributed by atoms with Crippen molar-refractivity contribution in [3.05, 3.63) is 24.2 Å². The van der Waals surface area contributed by atoms with Crippen LogP contribution in [0.25, 0.3) is 0 Å². The molecule has 0 bridgehead atoms. The minimum absolute atomic E-state index is 0.210. The molecule has 0 radical (unpaired) electrons. The lowest BCUT2D eigenvalue weighted by Gasteiger charge is -2.34. The Morgan fingerprint density at radius 1 is 1.13 bits per heavy atom. The van der Waals surface area contributed by atoms with Crippen LogP contribution in [-0.2, 0) is 4.79 Å². The van der Waals surface area contributed by atoms with Gasteiger partial charge in [0.05, 0.1) is 12.3 Å². The summed E-state index contributed by atoms with van der Waals surface area (Å²) in [5, 5.41) is 7.08. The minimum Gasteiger partial charge on any atom is -0.468 e.